The molecule has 0 unspecified atom stereocenters. The van der Waals surface area contributed by atoms with Crippen LogP contribution in [0.15, 0.2) is 29.2 Å². The highest BCUT2D eigenvalue weighted by Crippen LogP contribution is 2.19. The minimum absolute atomic E-state index is 0.115. The number of halogens is 1. The summed E-state index contributed by atoms with van der Waals surface area (Å²) >= 11 is 5.91. The third-order valence-electron chi connectivity index (χ3n) is 4.63. The summed E-state index contributed by atoms with van der Waals surface area (Å²) in [6.45, 7) is 4.92. The number of hydrogen-bond acceptors (Lipinski definition) is 4. The van der Waals surface area contributed by atoms with Gasteiger partial charge in [0.1, 0.15) is 0 Å². The molecule has 9 heteroatoms. The Labute approximate surface area is 153 Å². The summed E-state index contributed by atoms with van der Waals surface area (Å²) in [4.78, 5) is 15.5. The molecule has 1 aromatic rings. The van der Waals surface area contributed by atoms with Crippen LogP contribution in [0.4, 0.5) is 0 Å². The molecule has 25 heavy (non-hydrogen) atoms. The number of nitrogens with one attached hydrogen (secondary N) is 1. The van der Waals surface area contributed by atoms with Gasteiger partial charge in [-0.15, -0.1) is 0 Å². The van der Waals surface area contributed by atoms with E-state index in [1.54, 1.807) is 18.2 Å². The Hall–Kier alpha value is -1.19. The summed E-state index contributed by atoms with van der Waals surface area (Å²) in [6, 6.07) is 6.32. The zero-order valence-corrected chi connectivity index (χ0v) is 15.6. The van der Waals surface area contributed by atoms with Crippen LogP contribution in [0.1, 0.15) is 0 Å². The summed E-state index contributed by atoms with van der Waals surface area (Å²) in [5.41, 5.74) is 0. The number of quaternary nitrogens is 1. The Morgan fingerprint density at radius 2 is 1.84 bits per heavy atom. The Bertz CT molecular complexity index is 714. The van der Waals surface area contributed by atoms with Crippen LogP contribution in [-0.4, -0.2) is 82.6 Å². The molecule has 7 nitrogen and oxygen atoms in total. The van der Waals surface area contributed by atoms with Crippen molar-refractivity contribution in [1.82, 2.24) is 9.21 Å². The topological polar surface area (TPSA) is 71.4 Å². The Morgan fingerprint density at radius 1 is 1.16 bits per heavy atom. The van der Waals surface area contributed by atoms with Crippen LogP contribution in [0, 0.1) is 0 Å². The van der Waals surface area contributed by atoms with Gasteiger partial charge in [-0.1, -0.05) is 17.7 Å². The molecule has 2 aliphatic heterocycles. The van der Waals surface area contributed by atoms with Gasteiger partial charge >= 0.3 is 0 Å². The van der Waals surface area contributed by atoms with Gasteiger partial charge in [0, 0.05) is 18.1 Å². The molecule has 138 valence electrons. The molecule has 2 fully saturated rings. The SMILES string of the molecule is O=C(C[NH+]1CCN(S(=O)(=O)c2cccc(Cl)c2)CC1)N1CCOCC1. The number of nitrogens with zero attached hydrogens (tertiary/aromatic N) is 2. The van der Waals surface area contributed by atoms with Gasteiger partial charge in [-0.2, -0.15) is 4.31 Å². The van der Waals surface area contributed by atoms with Crippen molar-refractivity contribution in [3.8, 4) is 0 Å². The third-order valence-corrected chi connectivity index (χ3v) is 6.76. The molecule has 0 bridgehead atoms. The van der Waals surface area contributed by atoms with E-state index in [0.29, 0.717) is 64.0 Å². The van der Waals surface area contributed by atoms with E-state index in [-0.39, 0.29) is 10.8 Å². The van der Waals surface area contributed by atoms with Crippen LogP contribution in [-0.2, 0) is 19.6 Å². The van der Waals surface area contributed by atoms with E-state index in [0.717, 1.165) is 4.90 Å². The monoisotopic (exact) mass is 388 g/mol. The molecule has 0 aliphatic carbocycles. The summed E-state index contributed by atoms with van der Waals surface area (Å²) in [5, 5.41) is 0.404. The molecule has 1 aromatic carbocycles. The largest absolute Gasteiger partial charge is 0.378 e. The Kier molecular flexibility index (Phi) is 5.96. The van der Waals surface area contributed by atoms with Gasteiger partial charge in [-0.3, -0.25) is 4.79 Å². The second kappa shape index (κ2) is 8.01. The van der Waals surface area contributed by atoms with E-state index in [2.05, 4.69) is 0 Å². The lowest BCUT2D eigenvalue weighted by Gasteiger charge is -2.33. The molecule has 0 spiro atoms. The van der Waals surface area contributed by atoms with E-state index >= 15 is 0 Å². The fourth-order valence-corrected chi connectivity index (χ4v) is 4.88. The highest BCUT2D eigenvalue weighted by atomic mass is 35.5. The molecule has 0 aromatic heterocycles. The van der Waals surface area contributed by atoms with Gasteiger partial charge in [0.2, 0.25) is 10.0 Å². The van der Waals surface area contributed by atoms with Crippen molar-refractivity contribution >= 4 is 27.5 Å². The lowest BCUT2D eigenvalue weighted by atomic mass is 10.3. The Balaban J connectivity index is 1.55. The van der Waals surface area contributed by atoms with Crippen LogP contribution in [0.5, 0.6) is 0 Å². The molecule has 0 atom stereocenters. The summed E-state index contributed by atoms with van der Waals surface area (Å²) < 4.78 is 32.1. The zero-order valence-electron chi connectivity index (χ0n) is 14.0. The smallest absolute Gasteiger partial charge is 0.277 e. The number of benzene rings is 1. The highest BCUT2D eigenvalue weighted by molar-refractivity contribution is 7.89. The van der Waals surface area contributed by atoms with Crippen molar-refractivity contribution < 1.29 is 22.8 Å². The van der Waals surface area contributed by atoms with Crippen molar-refractivity contribution in [2.24, 2.45) is 0 Å². The fraction of sp³-hybridized carbons (Fsp3) is 0.562. The van der Waals surface area contributed by atoms with Crippen molar-refractivity contribution in [3.63, 3.8) is 0 Å². The first-order chi connectivity index (χ1) is 12.0. The maximum Gasteiger partial charge on any atom is 0.277 e. The molecule has 0 saturated carbocycles. The second-order valence-corrected chi connectivity index (χ2v) is 8.66. The predicted octanol–water partition coefficient (Wildman–Crippen LogP) is -0.912. The average Bonchev–Trinajstić information content (AvgIpc) is 2.63. The first-order valence-corrected chi connectivity index (χ1v) is 10.2. The van der Waals surface area contributed by atoms with Gasteiger partial charge in [-0.25, -0.2) is 8.42 Å². The number of carbonyl (C=O) groups is 1. The van der Waals surface area contributed by atoms with Gasteiger partial charge in [0.25, 0.3) is 5.91 Å². The van der Waals surface area contributed by atoms with Crippen molar-refractivity contribution in [3.05, 3.63) is 29.3 Å². The molecule has 2 heterocycles. The van der Waals surface area contributed by atoms with Crippen LogP contribution in [0.3, 0.4) is 0 Å². The zero-order chi connectivity index (χ0) is 17.9. The van der Waals surface area contributed by atoms with Crippen LogP contribution in [0.25, 0.3) is 0 Å². The number of piperazine rings is 1. The predicted molar refractivity (Wildman–Crippen MR) is 93.2 cm³/mol. The number of amides is 1. The quantitative estimate of drug-likeness (QED) is 0.724. The van der Waals surface area contributed by atoms with E-state index in [1.807, 2.05) is 4.90 Å². The summed E-state index contributed by atoms with van der Waals surface area (Å²) in [7, 11) is -3.53. The van der Waals surface area contributed by atoms with Gasteiger partial charge in [0.15, 0.2) is 6.54 Å². The van der Waals surface area contributed by atoms with E-state index < -0.39 is 10.0 Å². The minimum atomic E-state index is -3.53. The number of ether oxygens (including phenoxy) is 1. The molecule has 2 aliphatic rings. The first kappa shape index (κ1) is 18.6. The normalized spacial score (nSPS) is 20.6. The molecule has 0 radical (unpaired) electrons. The minimum Gasteiger partial charge on any atom is -0.378 e. The number of sulfonamides is 1. The number of rotatable bonds is 4. The maximum absolute atomic E-state index is 12.7. The molecular formula is C16H23ClN3O4S+. The fourth-order valence-electron chi connectivity index (χ4n) is 3.13. The van der Waals surface area contributed by atoms with E-state index in [4.69, 9.17) is 16.3 Å². The standard InChI is InChI=1S/C16H22ClN3O4S/c17-14-2-1-3-15(12-14)25(22,23)20-6-4-18(5-7-20)13-16(21)19-8-10-24-11-9-19/h1-3,12H,4-11,13H2/p+1. The van der Waals surface area contributed by atoms with Crippen LogP contribution in [0.2, 0.25) is 5.02 Å². The molecule has 3 rings (SSSR count). The first-order valence-electron chi connectivity index (χ1n) is 8.41. The molecular weight excluding hydrogens is 366 g/mol. The van der Waals surface area contributed by atoms with Crippen LogP contribution < -0.4 is 4.90 Å². The van der Waals surface area contributed by atoms with Gasteiger partial charge in [0.05, 0.1) is 44.3 Å². The van der Waals surface area contributed by atoms with Gasteiger partial charge in [-0.05, 0) is 18.2 Å². The third kappa shape index (κ3) is 4.51. The maximum atomic E-state index is 12.7. The van der Waals surface area contributed by atoms with Crippen molar-refractivity contribution in [2.45, 2.75) is 4.90 Å². The lowest BCUT2D eigenvalue weighted by molar-refractivity contribution is -0.896. The molecule has 1 amide bonds. The lowest BCUT2D eigenvalue weighted by Crippen LogP contribution is -3.15. The highest BCUT2D eigenvalue weighted by Gasteiger charge is 2.32. The summed E-state index contributed by atoms with van der Waals surface area (Å²) in [6.07, 6.45) is 0. The number of hydrogen-bond donors (Lipinski definition) is 1. The average molecular weight is 389 g/mol. The van der Waals surface area contributed by atoms with E-state index in [9.17, 15) is 13.2 Å². The Morgan fingerprint density at radius 3 is 2.48 bits per heavy atom. The molecule has 1 N–H and O–H groups in total. The van der Waals surface area contributed by atoms with E-state index in [1.165, 1.54) is 10.4 Å². The van der Waals surface area contributed by atoms with Crippen molar-refractivity contribution in [2.75, 3.05) is 59.0 Å². The van der Waals surface area contributed by atoms with Crippen LogP contribution >= 0.6 is 11.6 Å². The van der Waals surface area contributed by atoms with Crippen molar-refractivity contribution in [1.29, 1.82) is 0 Å². The number of morpholine rings is 1. The second-order valence-electron chi connectivity index (χ2n) is 6.28. The summed E-state index contributed by atoms with van der Waals surface area (Å²) in [5.74, 6) is 0.115. The molecule has 2 saturated heterocycles. The number of carbonyl (C=O) groups excluding carboxylic acids is 1. The van der Waals surface area contributed by atoms with Gasteiger partial charge < -0.3 is 14.5 Å².